The van der Waals surface area contributed by atoms with E-state index in [1.807, 2.05) is 53.6 Å². The van der Waals surface area contributed by atoms with Gasteiger partial charge in [-0.15, -0.1) is 0 Å². The van der Waals surface area contributed by atoms with Crippen molar-refractivity contribution in [2.75, 3.05) is 26.8 Å². The number of amides is 1. The largest absolute Gasteiger partial charge is 0.390 e. The van der Waals surface area contributed by atoms with Crippen LogP contribution in [0.15, 0.2) is 54.7 Å². The lowest BCUT2D eigenvalue weighted by Crippen LogP contribution is -2.51. The van der Waals surface area contributed by atoms with Gasteiger partial charge < -0.3 is 25.2 Å². The van der Waals surface area contributed by atoms with E-state index in [9.17, 15) is 9.90 Å². The van der Waals surface area contributed by atoms with Crippen molar-refractivity contribution in [1.29, 1.82) is 0 Å². The van der Waals surface area contributed by atoms with Crippen LogP contribution < -0.4 is 5.73 Å². The van der Waals surface area contributed by atoms with Crippen molar-refractivity contribution in [3.05, 3.63) is 65.3 Å². The molecule has 0 radical (unpaired) electrons. The Morgan fingerprint density at radius 3 is 2.87 bits per heavy atom. The number of aliphatic hydroxyl groups excluding tert-OH is 1. The van der Waals surface area contributed by atoms with E-state index in [0.717, 1.165) is 53.3 Å². The standard InChI is InChI=1S/C31H38ClN3O4/c1-38-28(24-7-4-8-25(32)30(24)22-16-20-6-2-3-9-26(20)34-18-22)11-5-10-27(36)29-19-35(14-15-39-29)31(37)21-12-13-23(33)17-21/h2-4,6-9,16,18,21,23,27-29,36H,5,10-15,17,19,33H2,1H3. The van der Waals surface area contributed by atoms with Gasteiger partial charge in [-0.25, -0.2) is 0 Å². The molecule has 8 heteroatoms. The van der Waals surface area contributed by atoms with Gasteiger partial charge in [0.15, 0.2) is 0 Å². The molecule has 5 rings (SSSR count). The molecule has 7 nitrogen and oxygen atoms in total. The Morgan fingerprint density at radius 1 is 1.23 bits per heavy atom. The zero-order valence-corrected chi connectivity index (χ0v) is 23.2. The lowest BCUT2D eigenvalue weighted by molar-refractivity contribution is -0.148. The first-order valence-electron chi connectivity index (χ1n) is 13.9. The Morgan fingerprint density at radius 2 is 2.08 bits per heavy atom. The minimum atomic E-state index is -0.660. The summed E-state index contributed by atoms with van der Waals surface area (Å²) < 4.78 is 11.8. The molecule has 1 aliphatic carbocycles. The molecule has 1 aromatic heterocycles. The predicted molar refractivity (Wildman–Crippen MR) is 153 cm³/mol. The third-order valence-corrected chi connectivity index (χ3v) is 8.49. The maximum atomic E-state index is 13.0. The fraction of sp³-hybridized carbons (Fsp3) is 0.484. The van der Waals surface area contributed by atoms with Gasteiger partial charge in [0.25, 0.3) is 0 Å². The third-order valence-electron chi connectivity index (χ3n) is 8.18. The van der Waals surface area contributed by atoms with Gasteiger partial charge in [0.1, 0.15) is 6.10 Å². The Balaban J connectivity index is 1.22. The monoisotopic (exact) mass is 551 g/mol. The van der Waals surface area contributed by atoms with E-state index in [4.69, 9.17) is 26.8 Å². The van der Waals surface area contributed by atoms with Crippen molar-refractivity contribution in [3.63, 3.8) is 0 Å². The second kappa shape index (κ2) is 12.7. The van der Waals surface area contributed by atoms with Gasteiger partial charge in [-0.05, 0) is 62.3 Å². The number of aliphatic hydroxyl groups is 1. The Labute approximate surface area is 235 Å². The lowest BCUT2D eigenvalue weighted by atomic mass is 9.93. The minimum Gasteiger partial charge on any atom is -0.390 e. The fourth-order valence-electron chi connectivity index (χ4n) is 6.03. The molecule has 5 unspecified atom stereocenters. The van der Waals surface area contributed by atoms with Gasteiger partial charge >= 0.3 is 0 Å². The number of carbonyl (C=O) groups is 1. The van der Waals surface area contributed by atoms with Crippen LogP contribution in [0.2, 0.25) is 5.02 Å². The van der Waals surface area contributed by atoms with E-state index in [1.54, 1.807) is 7.11 Å². The van der Waals surface area contributed by atoms with Crippen LogP contribution in [0.25, 0.3) is 22.0 Å². The van der Waals surface area contributed by atoms with E-state index in [-0.39, 0.29) is 30.1 Å². The molecule has 3 aromatic rings. The molecule has 3 N–H and O–H groups in total. The first-order chi connectivity index (χ1) is 18.9. The second-order valence-corrected chi connectivity index (χ2v) is 11.2. The molecule has 5 atom stereocenters. The van der Waals surface area contributed by atoms with Crippen LogP contribution in [-0.2, 0) is 14.3 Å². The smallest absolute Gasteiger partial charge is 0.225 e. The van der Waals surface area contributed by atoms with Crippen LogP contribution in [0.1, 0.15) is 50.2 Å². The molecule has 2 aliphatic rings. The van der Waals surface area contributed by atoms with Crippen molar-refractivity contribution >= 4 is 28.4 Å². The first kappa shape index (κ1) is 28.0. The zero-order valence-electron chi connectivity index (χ0n) is 22.5. The predicted octanol–water partition coefficient (Wildman–Crippen LogP) is 5.13. The van der Waals surface area contributed by atoms with E-state index < -0.39 is 6.10 Å². The number of fused-ring (bicyclic) bond motifs is 1. The Kier molecular flexibility index (Phi) is 9.15. The van der Waals surface area contributed by atoms with Crippen molar-refractivity contribution in [3.8, 4) is 11.1 Å². The number of aromatic nitrogens is 1. The summed E-state index contributed by atoms with van der Waals surface area (Å²) in [5.41, 5.74) is 9.81. The summed E-state index contributed by atoms with van der Waals surface area (Å²) in [5.74, 6) is 0.155. The molecule has 1 amide bonds. The molecule has 39 heavy (non-hydrogen) atoms. The summed E-state index contributed by atoms with van der Waals surface area (Å²) in [6, 6.07) is 16.1. The summed E-state index contributed by atoms with van der Waals surface area (Å²) >= 11 is 6.72. The van der Waals surface area contributed by atoms with E-state index in [1.165, 1.54) is 0 Å². The van der Waals surface area contributed by atoms with Crippen LogP contribution in [0.4, 0.5) is 0 Å². The number of pyridine rings is 1. The van der Waals surface area contributed by atoms with Crippen LogP contribution in [0.5, 0.6) is 0 Å². The van der Waals surface area contributed by atoms with Gasteiger partial charge in [0.05, 0.1) is 24.3 Å². The van der Waals surface area contributed by atoms with E-state index in [0.29, 0.717) is 37.6 Å². The number of benzene rings is 2. The van der Waals surface area contributed by atoms with E-state index >= 15 is 0 Å². The summed E-state index contributed by atoms with van der Waals surface area (Å²) in [4.78, 5) is 19.4. The molecule has 2 fully saturated rings. The maximum Gasteiger partial charge on any atom is 0.225 e. The summed E-state index contributed by atoms with van der Waals surface area (Å²) in [6.07, 6.45) is 5.10. The summed E-state index contributed by atoms with van der Waals surface area (Å²) in [6.45, 7) is 1.44. The van der Waals surface area contributed by atoms with Crippen molar-refractivity contribution in [2.45, 2.75) is 62.9 Å². The Hall–Kier alpha value is -2.55. The number of ether oxygens (including phenoxy) is 2. The van der Waals surface area contributed by atoms with Gasteiger partial charge in [0, 0.05) is 59.9 Å². The third kappa shape index (κ3) is 6.44. The number of morpholine rings is 1. The lowest BCUT2D eigenvalue weighted by Gasteiger charge is -2.36. The topological polar surface area (TPSA) is 97.9 Å². The number of nitrogens with zero attached hydrogens (tertiary/aromatic N) is 2. The molecule has 1 aliphatic heterocycles. The molecule has 1 saturated carbocycles. The van der Waals surface area contributed by atoms with Crippen LogP contribution in [-0.4, -0.2) is 66.0 Å². The molecule has 2 aromatic carbocycles. The fourth-order valence-corrected chi connectivity index (χ4v) is 6.32. The number of rotatable bonds is 9. The Bertz CT molecular complexity index is 1290. The van der Waals surface area contributed by atoms with Gasteiger partial charge in [-0.1, -0.05) is 41.9 Å². The number of para-hydroxylation sites is 1. The summed E-state index contributed by atoms with van der Waals surface area (Å²) in [7, 11) is 1.70. The molecule has 0 bridgehead atoms. The molecular weight excluding hydrogens is 514 g/mol. The first-order valence-corrected chi connectivity index (χ1v) is 14.3. The normalized spacial score (nSPS) is 23.2. The highest BCUT2D eigenvalue weighted by Crippen LogP contribution is 2.38. The van der Waals surface area contributed by atoms with Gasteiger partial charge in [-0.3, -0.25) is 9.78 Å². The van der Waals surface area contributed by atoms with Crippen molar-refractivity contribution in [2.24, 2.45) is 11.7 Å². The molecule has 0 spiro atoms. The average Bonchev–Trinajstić information content (AvgIpc) is 3.40. The minimum absolute atomic E-state index is 0.00282. The number of carbonyl (C=O) groups excluding carboxylic acids is 1. The highest BCUT2D eigenvalue weighted by Gasteiger charge is 2.35. The quantitative estimate of drug-likeness (QED) is 0.383. The SMILES string of the molecule is COC(CCCC(O)C1CN(C(=O)C2CCC(N)C2)CCO1)c1cccc(Cl)c1-c1cnc2ccccc2c1. The van der Waals surface area contributed by atoms with Crippen LogP contribution in [0, 0.1) is 5.92 Å². The molecule has 1 saturated heterocycles. The molecule has 208 valence electrons. The van der Waals surface area contributed by atoms with Gasteiger partial charge in [0.2, 0.25) is 5.91 Å². The van der Waals surface area contributed by atoms with E-state index in [2.05, 4.69) is 11.1 Å². The van der Waals surface area contributed by atoms with Gasteiger partial charge in [-0.2, -0.15) is 0 Å². The second-order valence-electron chi connectivity index (χ2n) is 10.8. The number of methoxy groups -OCH3 is 1. The number of hydrogen-bond donors (Lipinski definition) is 2. The number of halogens is 1. The van der Waals surface area contributed by atoms with Crippen LogP contribution >= 0.6 is 11.6 Å². The molecule has 2 heterocycles. The number of nitrogens with two attached hydrogens (primary N) is 1. The average molecular weight is 552 g/mol. The van der Waals surface area contributed by atoms with Crippen molar-refractivity contribution in [1.82, 2.24) is 9.88 Å². The molecular formula is C31H38ClN3O4. The number of hydrogen-bond acceptors (Lipinski definition) is 6. The highest BCUT2D eigenvalue weighted by atomic mass is 35.5. The summed E-state index contributed by atoms with van der Waals surface area (Å²) in [5, 5.41) is 12.7. The van der Waals surface area contributed by atoms with Crippen LogP contribution in [0.3, 0.4) is 0 Å². The maximum absolute atomic E-state index is 13.0. The highest BCUT2D eigenvalue weighted by molar-refractivity contribution is 6.33. The van der Waals surface area contributed by atoms with Crippen molar-refractivity contribution < 1.29 is 19.4 Å². The zero-order chi connectivity index (χ0) is 27.4.